The number of hydrogen-bond donors (Lipinski definition) is 1. The van der Waals surface area contributed by atoms with Crippen LogP contribution in [0.25, 0.3) is 5.03 Å². The molecule has 1 heterocycles. The monoisotopic (exact) mass is 250 g/mol. The number of ether oxygens (including phenoxy) is 1. The normalized spacial score (nSPS) is 14.7. The van der Waals surface area contributed by atoms with Crippen molar-refractivity contribution in [2.24, 2.45) is 0 Å². The second-order valence-corrected chi connectivity index (χ2v) is 4.18. The lowest BCUT2D eigenvalue weighted by atomic mass is 10.0. The van der Waals surface area contributed by atoms with Crippen LogP contribution in [0.4, 0.5) is 0 Å². The predicted octanol–water partition coefficient (Wildman–Crippen LogP) is 2.98. The first kappa shape index (κ1) is 11.7. The van der Waals surface area contributed by atoms with E-state index in [0.717, 1.165) is 23.0 Å². The summed E-state index contributed by atoms with van der Waals surface area (Å²) in [5.41, 5.74) is 2.56. The second kappa shape index (κ2) is 4.63. The van der Waals surface area contributed by atoms with E-state index in [2.05, 4.69) is 0 Å². The number of halogens is 1. The quantitative estimate of drug-likeness (QED) is 0.821. The van der Waals surface area contributed by atoms with E-state index in [1.165, 1.54) is 6.08 Å². The van der Waals surface area contributed by atoms with Crippen LogP contribution in [0.1, 0.15) is 11.1 Å². The molecule has 0 aliphatic carbocycles. The fourth-order valence-electron chi connectivity index (χ4n) is 1.63. The third-order valence-electron chi connectivity index (χ3n) is 2.46. The minimum atomic E-state index is -1.00. The molecule has 0 radical (unpaired) electrons. The highest BCUT2D eigenvalue weighted by atomic mass is 35.5. The Morgan fingerprint density at radius 2 is 2.29 bits per heavy atom. The number of carboxylic acids is 1. The highest BCUT2D eigenvalue weighted by molar-refractivity contribution is 6.50. The fourth-order valence-corrected chi connectivity index (χ4v) is 1.89. The maximum Gasteiger partial charge on any atom is 0.328 e. The minimum absolute atomic E-state index is 0.290. The maximum absolute atomic E-state index is 10.5. The summed E-state index contributed by atoms with van der Waals surface area (Å²) in [6.07, 6.45) is 2.53. The first-order valence-corrected chi connectivity index (χ1v) is 5.49. The number of aryl methyl sites for hydroxylation is 1. The van der Waals surface area contributed by atoms with E-state index >= 15 is 0 Å². The number of aliphatic carboxylic acids is 1. The number of benzene rings is 1. The second-order valence-electron chi connectivity index (χ2n) is 3.80. The molecule has 2 rings (SSSR count). The third kappa shape index (κ3) is 2.50. The third-order valence-corrected chi connectivity index (χ3v) is 2.91. The Morgan fingerprint density at radius 3 is 3.00 bits per heavy atom. The number of rotatable bonds is 2. The zero-order valence-corrected chi connectivity index (χ0v) is 9.99. The topological polar surface area (TPSA) is 46.5 Å². The van der Waals surface area contributed by atoms with Crippen LogP contribution in [0.5, 0.6) is 5.75 Å². The fraction of sp³-hybridized carbons (Fsp3) is 0.154. The van der Waals surface area contributed by atoms with Crippen LogP contribution < -0.4 is 4.74 Å². The van der Waals surface area contributed by atoms with Gasteiger partial charge in [0.2, 0.25) is 0 Å². The Hall–Kier alpha value is -1.74. The van der Waals surface area contributed by atoms with Gasteiger partial charge in [-0.05, 0) is 25.1 Å². The zero-order chi connectivity index (χ0) is 12.4. The Labute approximate surface area is 104 Å². The summed E-state index contributed by atoms with van der Waals surface area (Å²) in [4.78, 5) is 10.5. The van der Waals surface area contributed by atoms with Crippen LogP contribution in [-0.2, 0) is 4.79 Å². The van der Waals surface area contributed by atoms with Gasteiger partial charge in [-0.25, -0.2) is 4.79 Å². The van der Waals surface area contributed by atoms with E-state index in [9.17, 15) is 4.79 Å². The predicted molar refractivity (Wildman–Crippen MR) is 66.2 cm³/mol. The molecule has 1 aliphatic rings. The van der Waals surface area contributed by atoms with Crippen LogP contribution in [-0.4, -0.2) is 17.7 Å². The van der Waals surface area contributed by atoms with Crippen molar-refractivity contribution in [2.45, 2.75) is 6.92 Å². The van der Waals surface area contributed by atoms with Gasteiger partial charge >= 0.3 is 5.97 Å². The SMILES string of the molecule is Cc1ccc2c(c1)C(Cl)=C(C=CC(=O)O)CO2. The van der Waals surface area contributed by atoms with Crippen molar-refractivity contribution >= 4 is 22.6 Å². The summed E-state index contributed by atoms with van der Waals surface area (Å²) in [5, 5.41) is 9.13. The Balaban J connectivity index is 2.43. The minimum Gasteiger partial charge on any atom is -0.488 e. The highest BCUT2D eigenvalue weighted by Gasteiger charge is 2.17. The first-order chi connectivity index (χ1) is 8.08. The van der Waals surface area contributed by atoms with Gasteiger partial charge in [0.05, 0.1) is 5.03 Å². The van der Waals surface area contributed by atoms with Crippen molar-refractivity contribution in [3.63, 3.8) is 0 Å². The molecule has 0 unspecified atom stereocenters. The molecule has 0 saturated heterocycles. The number of carboxylic acid groups (broad SMARTS) is 1. The summed E-state index contributed by atoms with van der Waals surface area (Å²) >= 11 is 6.22. The van der Waals surface area contributed by atoms with Crippen LogP contribution >= 0.6 is 11.6 Å². The van der Waals surface area contributed by atoms with Crippen molar-refractivity contribution in [2.75, 3.05) is 6.61 Å². The summed E-state index contributed by atoms with van der Waals surface area (Å²) in [5.74, 6) is -0.273. The molecule has 1 aliphatic heterocycles. The molecule has 0 bridgehead atoms. The van der Waals surface area contributed by atoms with Crippen molar-refractivity contribution in [1.82, 2.24) is 0 Å². The molecular formula is C13H11ClO3. The molecule has 1 N–H and O–H groups in total. The summed E-state index contributed by atoms with van der Waals surface area (Å²) in [6.45, 7) is 2.25. The Bertz CT molecular complexity index is 529. The van der Waals surface area contributed by atoms with Crippen LogP contribution in [0.15, 0.2) is 35.9 Å². The van der Waals surface area contributed by atoms with Crippen molar-refractivity contribution in [3.8, 4) is 5.75 Å². The Morgan fingerprint density at radius 1 is 1.53 bits per heavy atom. The molecule has 1 aromatic carbocycles. The largest absolute Gasteiger partial charge is 0.488 e. The molecule has 88 valence electrons. The van der Waals surface area contributed by atoms with Gasteiger partial charge in [-0.1, -0.05) is 23.2 Å². The van der Waals surface area contributed by atoms with Gasteiger partial charge < -0.3 is 9.84 Å². The van der Waals surface area contributed by atoms with E-state index in [0.29, 0.717) is 17.2 Å². The van der Waals surface area contributed by atoms with Gasteiger partial charge in [0.25, 0.3) is 0 Å². The molecule has 0 fully saturated rings. The van der Waals surface area contributed by atoms with Gasteiger partial charge in [-0.15, -0.1) is 0 Å². The van der Waals surface area contributed by atoms with Gasteiger partial charge in [-0.2, -0.15) is 0 Å². The molecule has 1 aromatic rings. The number of fused-ring (bicyclic) bond motifs is 1. The van der Waals surface area contributed by atoms with Gasteiger partial charge in [0, 0.05) is 17.2 Å². The highest BCUT2D eigenvalue weighted by Crippen LogP contribution is 2.36. The van der Waals surface area contributed by atoms with Crippen molar-refractivity contribution < 1.29 is 14.6 Å². The standard InChI is InChI=1S/C13H11ClO3/c1-8-2-4-11-10(6-8)13(14)9(7-17-11)3-5-12(15)16/h2-6H,7H2,1H3,(H,15,16). The molecule has 0 aromatic heterocycles. The lowest BCUT2D eigenvalue weighted by Crippen LogP contribution is -2.08. The van der Waals surface area contributed by atoms with Crippen molar-refractivity contribution in [3.05, 3.63) is 47.1 Å². The zero-order valence-electron chi connectivity index (χ0n) is 9.24. The van der Waals surface area contributed by atoms with Crippen LogP contribution in [0.2, 0.25) is 0 Å². The lowest BCUT2D eigenvalue weighted by molar-refractivity contribution is -0.131. The Kier molecular flexibility index (Phi) is 3.20. The van der Waals surface area contributed by atoms with Crippen LogP contribution in [0.3, 0.4) is 0 Å². The molecule has 0 saturated carbocycles. The smallest absolute Gasteiger partial charge is 0.328 e. The maximum atomic E-state index is 10.5. The number of hydrogen-bond acceptors (Lipinski definition) is 2. The molecule has 0 spiro atoms. The summed E-state index contributed by atoms with van der Waals surface area (Å²) < 4.78 is 5.51. The molecular weight excluding hydrogens is 240 g/mol. The van der Waals surface area contributed by atoms with E-state index < -0.39 is 5.97 Å². The van der Waals surface area contributed by atoms with Crippen LogP contribution in [0, 0.1) is 6.92 Å². The molecule has 0 atom stereocenters. The van der Waals surface area contributed by atoms with E-state index in [1.807, 2.05) is 25.1 Å². The van der Waals surface area contributed by atoms with E-state index in [4.69, 9.17) is 21.4 Å². The van der Waals surface area contributed by atoms with Crippen molar-refractivity contribution in [1.29, 1.82) is 0 Å². The van der Waals surface area contributed by atoms with E-state index in [1.54, 1.807) is 0 Å². The first-order valence-electron chi connectivity index (χ1n) is 5.11. The average molecular weight is 251 g/mol. The molecule has 17 heavy (non-hydrogen) atoms. The van der Waals surface area contributed by atoms with Gasteiger partial charge in [-0.3, -0.25) is 0 Å². The molecule has 4 heteroatoms. The molecule has 3 nitrogen and oxygen atoms in total. The van der Waals surface area contributed by atoms with Gasteiger partial charge in [0.15, 0.2) is 0 Å². The van der Waals surface area contributed by atoms with E-state index in [-0.39, 0.29) is 0 Å². The lowest BCUT2D eigenvalue weighted by Gasteiger charge is -2.19. The number of carbonyl (C=O) groups is 1. The summed E-state index contributed by atoms with van der Waals surface area (Å²) in [6, 6.07) is 5.73. The average Bonchev–Trinajstić information content (AvgIpc) is 2.29. The molecule has 0 amide bonds. The summed E-state index contributed by atoms with van der Waals surface area (Å²) in [7, 11) is 0. The van der Waals surface area contributed by atoms with Gasteiger partial charge in [0.1, 0.15) is 12.4 Å².